The van der Waals surface area contributed by atoms with Crippen LogP contribution >= 0.6 is 0 Å². The predicted molar refractivity (Wildman–Crippen MR) is 86.6 cm³/mol. The van der Waals surface area contributed by atoms with Crippen molar-refractivity contribution in [2.45, 2.75) is 50.8 Å². The molecule has 0 amide bonds. The molecular formula is C16H26N2O2S. The van der Waals surface area contributed by atoms with Crippen molar-refractivity contribution in [1.82, 2.24) is 4.31 Å². The molecule has 1 fully saturated rings. The van der Waals surface area contributed by atoms with E-state index in [1.54, 1.807) is 22.5 Å². The highest BCUT2D eigenvalue weighted by atomic mass is 32.2. The number of sulfonamides is 1. The van der Waals surface area contributed by atoms with Gasteiger partial charge >= 0.3 is 0 Å². The minimum absolute atomic E-state index is 0.252. The maximum absolute atomic E-state index is 12.8. The third kappa shape index (κ3) is 3.77. The Labute approximate surface area is 128 Å². The third-order valence-electron chi connectivity index (χ3n) is 4.29. The van der Waals surface area contributed by atoms with Crippen molar-refractivity contribution in [2.24, 2.45) is 5.92 Å². The van der Waals surface area contributed by atoms with E-state index in [4.69, 9.17) is 5.73 Å². The second-order valence-electron chi connectivity index (χ2n) is 6.03. The summed E-state index contributed by atoms with van der Waals surface area (Å²) in [7, 11) is -3.46. The smallest absolute Gasteiger partial charge is 0.245 e. The summed E-state index contributed by atoms with van der Waals surface area (Å²) in [5.74, 6) is 0.658. The third-order valence-corrected chi connectivity index (χ3v) is 6.26. The molecule has 0 bridgehead atoms. The van der Waals surface area contributed by atoms with E-state index in [1.165, 1.54) is 12.8 Å². The van der Waals surface area contributed by atoms with E-state index >= 15 is 0 Å². The lowest BCUT2D eigenvalue weighted by atomic mass is 9.96. The Kier molecular flexibility index (Phi) is 5.27. The lowest BCUT2D eigenvalue weighted by molar-refractivity contribution is 0.400. The van der Waals surface area contributed by atoms with Crippen molar-refractivity contribution in [3.63, 3.8) is 0 Å². The molecule has 1 aromatic carbocycles. The summed E-state index contributed by atoms with van der Waals surface area (Å²) in [5.41, 5.74) is 7.25. The Hall–Kier alpha value is -1.07. The van der Waals surface area contributed by atoms with Gasteiger partial charge in [-0.25, -0.2) is 8.42 Å². The molecule has 5 heteroatoms. The van der Waals surface area contributed by atoms with Gasteiger partial charge in [-0.05, 0) is 49.8 Å². The second-order valence-corrected chi connectivity index (χ2v) is 7.94. The molecule has 1 aliphatic heterocycles. The van der Waals surface area contributed by atoms with Crippen LogP contribution in [0.1, 0.15) is 44.6 Å². The number of benzene rings is 1. The van der Waals surface area contributed by atoms with Gasteiger partial charge in [0.15, 0.2) is 0 Å². The van der Waals surface area contributed by atoms with Crippen LogP contribution in [0.3, 0.4) is 0 Å². The molecule has 1 saturated heterocycles. The van der Waals surface area contributed by atoms with Crippen LogP contribution in [0.5, 0.6) is 0 Å². The number of nitrogens with two attached hydrogens (primary N) is 1. The molecule has 4 nitrogen and oxygen atoms in total. The number of nitrogens with zero attached hydrogens (tertiary/aromatic N) is 1. The zero-order chi connectivity index (χ0) is 15.5. The molecule has 1 aromatic rings. The van der Waals surface area contributed by atoms with E-state index in [2.05, 4.69) is 6.92 Å². The van der Waals surface area contributed by atoms with Gasteiger partial charge < -0.3 is 5.73 Å². The summed E-state index contributed by atoms with van der Waals surface area (Å²) in [6, 6.07) is 5.17. The number of hydrogen-bond donors (Lipinski definition) is 1. The summed E-state index contributed by atoms with van der Waals surface area (Å²) in [5, 5.41) is 0. The topological polar surface area (TPSA) is 63.4 Å². The first-order valence-electron chi connectivity index (χ1n) is 7.81. The Balaban J connectivity index is 2.19. The lowest BCUT2D eigenvalue weighted by Crippen LogP contribution is -2.32. The van der Waals surface area contributed by atoms with E-state index in [0.29, 0.717) is 24.7 Å². The van der Waals surface area contributed by atoms with Crippen molar-refractivity contribution in [1.29, 1.82) is 0 Å². The van der Waals surface area contributed by atoms with Crippen LogP contribution in [0.4, 0.5) is 5.69 Å². The summed E-state index contributed by atoms with van der Waals surface area (Å²) in [6.07, 6.45) is 5.39. The average Bonchev–Trinajstić information content (AvgIpc) is 2.65. The van der Waals surface area contributed by atoms with Crippen molar-refractivity contribution in [3.05, 3.63) is 23.8 Å². The number of nitrogen functional groups attached to an aromatic ring is 1. The molecule has 0 spiro atoms. The zero-order valence-corrected chi connectivity index (χ0v) is 13.8. The van der Waals surface area contributed by atoms with Crippen molar-refractivity contribution in [2.75, 3.05) is 18.8 Å². The fraction of sp³-hybridized carbons (Fsp3) is 0.625. The number of aryl methyl sites for hydroxylation is 1. The maximum atomic E-state index is 12.8. The molecule has 1 unspecified atom stereocenters. The first-order chi connectivity index (χ1) is 9.95. The van der Waals surface area contributed by atoms with Gasteiger partial charge in [0.2, 0.25) is 10.0 Å². The van der Waals surface area contributed by atoms with Gasteiger partial charge in [-0.15, -0.1) is 0 Å². The molecule has 1 atom stereocenters. The first kappa shape index (κ1) is 16.3. The van der Waals surface area contributed by atoms with Gasteiger partial charge in [0.05, 0.1) is 5.69 Å². The van der Waals surface area contributed by atoms with Crippen molar-refractivity contribution in [3.8, 4) is 0 Å². The highest BCUT2D eigenvalue weighted by molar-refractivity contribution is 7.89. The summed E-state index contributed by atoms with van der Waals surface area (Å²) < 4.78 is 27.2. The van der Waals surface area contributed by atoms with Gasteiger partial charge in [-0.3, -0.25) is 0 Å². The van der Waals surface area contributed by atoms with E-state index in [-0.39, 0.29) is 4.90 Å². The molecule has 0 radical (unpaired) electrons. The van der Waals surface area contributed by atoms with Gasteiger partial charge in [-0.1, -0.05) is 25.8 Å². The van der Waals surface area contributed by atoms with Gasteiger partial charge in [-0.2, -0.15) is 4.31 Å². The van der Waals surface area contributed by atoms with Crippen LogP contribution in [0.25, 0.3) is 0 Å². The first-order valence-corrected chi connectivity index (χ1v) is 9.25. The molecular weight excluding hydrogens is 284 g/mol. The van der Waals surface area contributed by atoms with E-state index in [0.717, 1.165) is 24.8 Å². The monoisotopic (exact) mass is 310 g/mol. The Morgan fingerprint density at radius 1 is 1.29 bits per heavy atom. The molecule has 1 heterocycles. The molecule has 2 rings (SSSR count). The van der Waals surface area contributed by atoms with Crippen LogP contribution in [0.2, 0.25) is 0 Å². The maximum Gasteiger partial charge on any atom is 0.245 e. The summed E-state index contributed by atoms with van der Waals surface area (Å²) >= 11 is 0. The number of rotatable bonds is 4. The summed E-state index contributed by atoms with van der Waals surface area (Å²) in [6.45, 7) is 5.32. The quantitative estimate of drug-likeness (QED) is 0.869. The number of anilines is 1. The second kappa shape index (κ2) is 6.79. The molecule has 118 valence electrons. The Morgan fingerprint density at radius 3 is 2.71 bits per heavy atom. The Bertz CT molecular complexity index is 584. The van der Waals surface area contributed by atoms with Crippen LogP contribution < -0.4 is 5.73 Å². The highest BCUT2D eigenvalue weighted by Crippen LogP contribution is 2.28. The van der Waals surface area contributed by atoms with Gasteiger partial charge in [0, 0.05) is 13.1 Å². The predicted octanol–water partition coefficient (Wildman–Crippen LogP) is 3.17. The zero-order valence-electron chi connectivity index (χ0n) is 13.0. The fourth-order valence-corrected chi connectivity index (χ4v) is 4.71. The molecule has 0 saturated carbocycles. The average molecular weight is 310 g/mol. The minimum atomic E-state index is -3.46. The normalized spacial score (nSPS) is 21.1. The van der Waals surface area contributed by atoms with Crippen LogP contribution in [0.15, 0.2) is 23.1 Å². The minimum Gasteiger partial charge on any atom is -0.398 e. The van der Waals surface area contributed by atoms with Crippen LogP contribution in [-0.4, -0.2) is 25.8 Å². The van der Waals surface area contributed by atoms with E-state index in [1.807, 2.05) is 6.92 Å². The fourth-order valence-electron chi connectivity index (χ4n) is 3.12. The largest absolute Gasteiger partial charge is 0.398 e. The SMILES string of the molecule is CCCC1CCCN(S(=O)(=O)c2ccc(C)cc2N)CC1. The van der Waals surface area contributed by atoms with Gasteiger partial charge in [0.25, 0.3) is 0 Å². The lowest BCUT2D eigenvalue weighted by Gasteiger charge is -2.21. The van der Waals surface area contributed by atoms with E-state index < -0.39 is 10.0 Å². The van der Waals surface area contributed by atoms with Gasteiger partial charge in [0.1, 0.15) is 4.90 Å². The molecule has 1 aliphatic rings. The molecule has 0 aliphatic carbocycles. The molecule has 0 aromatic heterocycles. The van der Waals surface area contributed by atoms with Crippen LogP contribution in [-0.2, 0) is 10.0 Å². The Morgan fingerprint density at radius 2 is 2.05 bits per heavy atom. The van der Waals surface area contributed by atoms with Crippen molar-refractivity contribution >= 4 is 15.7 Å². The van der Waals surface area contributed by atoms with Crippen molar-refractivity contribution < 1.29 is 8.42 Å². The highest BCUT2D eigenvalue weighted by Gasteiger charge is 2.28. The standard InChI is InChI=1S/C16H26N2O2S/c1-3-5-14-6-4-10-18(11-9-14)21(19,20)16-8-7-13(2)12-15(16)17/h7-8,12,14H,3-6,9-11,17H2,1-2H3. The number of hydrogen-bond acceptors (Lipinski definition) is 3. The van der Waals surface area contributed by atoms with E-state index in [9.17, 15) is 8.42 Å². The summed E-state index contributed by atoms with van der Waals surface area (Å²) in [4.78, 5) is 0.252. The molecule has 21 heavy (non-hydrogen) atoms. The molecule has 2 N–H and O–H groups in total. The van der Waals surface area contributed by atoms with Crippen LogP contribution in [0, 0.1) is 12.8 Å².